The fourth-order valence-electron chi connectivity index (χ4n) is 3.40. The molecule has 122 valence electrons. The van der Waals surface area contributed by atoms with Gasteiger partial charge < -0.3 is 10.1 Å². The summed E-state index contributed by atoms with van der Waals surface area (Å²) in [4.78, 5) is 8.26. The Hall–Kier alpha value is -1.93. The molecule has 1 spiro atoms. The maximum Gasteiger partial charge on any atom is 0.129 e. The maximum atomic E-state index is 6.29. The fourth-order valence-corrected chi connectivity index (χ4v) is 3.57. The first-order valence-electron chi connectivity index (χ1n) is 8.20. The second kappa shape index (κ2) is 6.52. The molecule has 0 amide bonds. The molecule has 5 heteroatoms. The number of rotatable bonds is 1. The molecule has 2 aromatic rings. The normalized spacial score (nSPS) is 21.6. The van der Waals surface area contributed by atoms with E-state index in [1.807, 2.05) is 18.2 Å². The van der Waals surface area contributed by atoms with Crippen LogP contribution < -0.4 is 5.32 Å². The number of nitrogens with zero attached hydrogens (tertiary/aromatic N) is 2. The van der Waals surface area contributed by atoms with Crippen LogP contribution in [0.15, 0.2) is 36.8 Å². The summed E-state index contributed by atoms with van der Waals surface area (Å²) in [6, 6.07) is 5.70. The number of halogens is 1. The zero-order chi connectivity index (χ0) is 16.4. The van der Waals surface area contributed by atoms with E-state index in [9.17, 15) is 0 Å². The van der Waals surface area contributed by atoms with Crippen LogP contribution >= 0.6 is 11.6 Å². The average Bonchev–Trinajstić information content (AvgIpc) is 2.60. The van der Waals surface area contributed by atoms with E-state index in [-0.39, 0.29) is 11.7 Å². The summed E-state index contributed by atoms with van der Waals surface area (Å²) < 4.78 is 6.29. The van der Waals surface area contributed by atoms with Crippen molar-refractivity contribution < 1.29 is 4.74 Å². The Labute approximate surface area is 146 Å². The van der Waals surface area contributed by atoms with Crippen LogP contribution in [0.4, 0.5) is 0 Å². The van der Waals surface area contributed by atoms with Crippen molar-refractivity contribution in [2.75, 3.05) is 13.1 Å². The van der Waals surface area contributed by atoms with Gasteiger partial charge in [0.2, 0.25) is 0 Å². The predicted molar refractivity (Wildman–Crippen MR) is 92.7 cm³/mol. The van der Waals surface area contributed by atoms with Gasteiger partial charge in [0, 0.05) is 41.7 Å². The molecule has 2 aliphatic heterocycles. The second-order valence-corrected chi connectivity index (χ2v) is 6.72. The van der Waals surface area contributed by atoms with Gasteiger partial charge in [0.15, 0.2) is 0 Å². The lowest BCUT2D eigenvalue weighted by Gasteiger charge is -2.50. The Morgan fingerprint density at radius 3 is 2.83 bits per heavy atom. The number of piperidine rings is 1. The number of aromatic nitrogens is 2. The van der Waals surface area contributed by atoms with Gasteiger partial charge >= 0.3 is 0 Å². The van der Waals surface area contributed by atoms with Crippen molar-refractivity contribution in [1.82, 2.24) is 15.3 Å². The highest BCUT2D eigenvalue weighted by Crippen LogP contribution is 2.48. The summed E-state index contributed by atoms with van der Waals surface area (Å²) in [7, 11) is 0. The van der Waals surface area contributed by atoms with E-state index in [2.05, 4.69) is 27.1 Å². The van der Waals surface area contributed by atoms with Crippen molar-refractivity contribution in [3.05, 3.63) is 58.6 Å². The number of pyridine rings is 2. The van der Waals surface area contributed by atoms with Crippen LogP contribution in [-0.4, -0.2) is 28.7 Å². The van der Waals surface area contributed by atoms with Crippen LogP contribution in [0.5, 0.6) is 0 Å². The average molecular weight is 340 g/mol. The molecule has 2 fully saturated rings. The van der Waals surface area contributed by atoms with Gasteiger partial charge in [-0.3, -0.25) is 4.98 Å². The summed E-state index contributed by atoms with van der Waals surface area (Å²) in [6.45, 7) is 2.05. The van der Waals surface area contributed by atoms with E-state index in [4.69, 9.17) is 16.3 Å². The smallest absolute Gasteiger partial charge is 0.129 e. The van der Waals surface area contributed by atoms with Gasteiger partial charge in [0.25, 0.3) is 0 Å². The molecule has 0 radical (unpaired) electrons. The van der Waals surface area contributed by atoms with Crippen LogP contribution in [0.2, 0.25) is 5.15 Å². The van der Waals surface area contributed by atoms with Gasteiger partial charge in [-0.2, -0.15) is 0 Å². The molecular weight excluding hydrogens is 322 g/mol. The quantitative estimate of drug-likeness (QED) is 0.640. The third-order valence-electron chi connectivity index (χ3n) is 4.72. The second-order valence-electron chi connectivity index (χ2n) is 6.33. The zero-order valence-electron chi connectivity index (χ0n) is 13.3. The molecule has 4 rings (SSSR count). The summed E-state index contributed by atoms with van der Waals surface area (Å²) in [5, 5.41) is 3.86. The molecule has 24 heavy (non-hydrogen) atoms. The highest BCUT2D eigenvalue weighted by molar-refractivity contribution is 6.29. The van der Waals surface area contributed by atoms with Crippen molar-refractivity contribution in [1.29, 1.82) is 0 Å². The SMILES string of the molecule is Clc1cc(C2CC3(CCNCC3)O2)c(C#Cc2cccnc2)cn1. The largest absolute Gasteiger partial charge is 0.367 e. The van der Waals surface area contributed by atoms with Gasteiger partial charge in [-0.1, -0.05) is 23.4 Å². The van der Waals surface area contributed by atoms with E-state index >= 15 is 0 Å². The van der Waals surface area contributed by atoms with Crippen LogP contribution in [-0.2, 0) is 4.74 Å². The minimum atomic E-state index is 0.0414. The molecule has 4 heterocycles. The minimum absolute atomic E-state index is 0.0414. The van der Waals surface area contributed by atoms with Crippen molar-refractivity contribution in [2.45, 2.75) is 31.0 Å². The summed E-state index contributed by atoms with van der Waals surface area (Å²) in [5.74, 6) is 6.33. The van der Waals surface area contributed by atoms with Gasteiger partial charge in [0.1, 0.15) is 5.15 Å². The van der Waals surface area contributed by atoms with Crippen molar-refractivity contribution in [2.24, 2.45) is 0 Å². The highest BCUT2D eigenvalue weighted by Gasteiger charge is 2.47. The standard InChI is InChI=1S/C19H18ClN3O/c20-18-10-16(17-11-19(24-17)5-8-21-9-6-19)15(13-23-18)4-3-14-2-1-7-22-12-14/h1-2,7,10,12-13,17,21H,5-6,8-9,11H2. The molecule has 0 aliphatic carbocycles. The molecule has 1 N–H and O–H groups in total. The molecule has 2 aliphatic rings. The lowest BCUT2D eigenvalue weighted by Crippen LogP contribution is -2.52. The van der Waals surface area contributed by atoms with E-state index in [1.165, 1.54) is 0 Å². The number of ether oxygens (including phenoxy) is 1. The molecule has 2 saturated heterocycles. The first kappa shape index (κ1) is 15.6. The van der Waals surface area contributed by atoms with Crippen LogP contribution in [0.1, 0.15) is 42.1 Å². The van der Waals surface area contributed by atoms with Crippen LogP contribution in [0.25, 0.3) is 0 Å². The highest BCUT2D eigenvalue weighted by atomic mass is 35.5. The van der Waals surface area contributed by atoms with Crippen molar-refractivity contribution in [3.8, 4) is 11.8 Å². The molecule has 2 aromatic heterocycles. The van der Waals surface area contributed by atoms with E-state index in [0.717, 1.165) is 49.0 Å². The van der Waals surface area contributed by atoms with E-state index < -0.39 is 0 Å². The first-order valence-corrected chi connectivity index (χ1v) is 8.58. The number of nitrogens with one attached hydrogen (secondary N) is 1. The lowest BCUT2D eigenvalue weighted by molar-refractivity contribution is -0.220. The van der Waals surface area contributed by atoms with Gasteiger partial charge in [-0.15, -0.1) is 0 Å². The Bertz CT molecular complexity index is 783. The Kier molecular flexibility index (Phi) is 4.24. The van der Waals surface area contributed by atoms with Crippen molar-refractivity contribution in [3.63, 3.8) is 0 Å². The van der Waals surface area contributed by atoms with Gasteiger partial charge in [0.05, 0.1) is 11.7 Å². The summed E-state index contributed by atoms with van der Waals surface area (Å²) in [5.41, 5.74) is 2.83. The molecule has 0 bridgehead atoms. The first-order chi connectivity index (χ1) is 11.7. The van der Waals surface area contributed by atoms with Gasteiger partial charge in [-0.25, -0.2) is 4.98 Å². The molecule has 1 unspecified atom stereocenters. The summed E-state index contributed by atoms with van der Waals surface area (Å²) >= 11 is 6.10. The zero-order valence-corrected chi connectivity index (χ0v) is 14.0. The Morgan fingerprint density at radius 2 is 2.08 bits per heavy atom. The third kappa shape index (κ3) is 3.16. The third-order valence-corrected chi connectivity index (χ3v) is 4.92. The topological polar surface area (TPSA) is 47.0 Å². The maximum absolute atomic E-state index is 6.29. The summed E-state index contributed by atoms with van der Waals surface area (Å²) in [6.07, 6.45) is 8.44. The van der Waals surface area contributed by atoms with E-state index in [1.54, 1.807) is 18.6 Å². The minimum Gasteiger partial charge on any atom is -0.367 e. The monoisotopic (exact) mass is 339 g/mol. The Morgan fingerprint density at radius 1 is 1.25 bits per heavy atom. The molecular formula is C19H18ClN3O. The molecule has 0 aromatic carbocycles. The molecule has 4 nitrogen and oxygen atoms in total. The molecule has 1 atom stereocenters. The van der Waals surface area contributed by atoms with Crippen LogP contribution in [0.3, 0.4) is 0 Å². The van der Waals surface area contributed by atoms with Gasteiger partial charge in [-0.05, 0) is 44.1 Å². The van der Waals surface area contributed by atoms with Crippen LogP contribution in [0, 0.1) is 11.8 Å². The fraction of sp³-hybridized carbons (Fsp3) is 0.368. The van der Waals surface area contributed by atoms with Crippen molar-refractivity contribution >= 4 is 11.6 Å². The number of hydrogen-bond donors (Lipinski definition) is 1. The van der Waals surface area contributed by atoms with E-state index in [0.29, 0.717) is 5.15 Å². The lowest BCUT2D eigenvalue weighted by atomic mass is 9.78. The Balaban J connectivity index is 1.57. The number of hydrogen-bond acceptors (Lipinski definition) is 4. The molecule has 0 saturated carbocycles. The predicted octanol–water partition coefficient (Wildman–Crippen LogP) is 3.11.